The highest BCUT2D eigenvalue weighted by Gasteiger charge is 2.34. The molecule has 196 valence electrons. The molecule has 1 heterocycles. The molecule has 0 spiro atoms. The van der Waals surface area contributed by atoms with E-state index < -0.39 is 16.1 Å². The molecule has 0 unspecified atom stereocenters. The first-order valence-electron chi connectivity index (χ1n) is 12.9. The number of carbonyl (C=O) groups excluding carboxylic acids is 2. The number of carbonyl (C=O) groups is 2. The van der Waals surface area contributed by atoms with Crippen LogP contribution in [0.2, 0.25) is 0 Å². The van der Waals surface area contributed by atoms with Crippen molar-refractivity contribution in [3.05, 3.63) is 59.7 Å². The lowest BCUT2D eigenvalue weighted by Crippen LogP contribution is -2.50. The number of hydrogen-bond donors (Lipinski definition) is 2. The van der Waals surface area contributed by atoms with Crippen molar-refractivity contribution in [1.29, 1.82) is 0 Å². The quantitative estimate of drug-likeness (QED) is 0.488. The molecule has 1 aliphatic heterocycles. The molecule has 2 aromatic rings. The Kier molecular flexibility index (Phi) is 9.68. The fourth-order valence-corrected chi connectivity index (χ4v) is 5.85. The highest BCUT2D eigenvalue weighted by Crippen LogP contribution is 2.25. The second-order valence-corrected chi connectivity index (χ2v) is 11.9. The van der Waals surface area contributed by atoms with Crippen molar-refractivity contribution in [2.45, 2.75) is 70.7 Å². The van der Waals surface area contributed by atoms with E-state index in [9.17, 15) is 18.0 Å². The Bertz CT molecular complexity index is 1120. The fraction of sp³-hybridized carbons (Fsp3) is 0.500. The fourth-order valence-electron chi connectivity index (χ4n) is 4.38. The van der Waals surface area contributed by atoms with Crippen molar-refractivity contribution >= 4 is 27.5 Å². The second kappa shape index (κ2) is 12.5. The third-order valence-electron chi connectivity index (χ3n) is 6.77. The average Bonchev–Trinajstić information content (AvgIpc) is 2.86. The van der Waals surface area contributed by atoms with Crippen LogP contribution in [0.4, 0.5) is 5.69 Å². The maximum Gasteiger partial charge on any atom is 0.247 e. The van der Waals surface area contributed by atoms with Gasteiger partial charge < -0.3 is 10.6 Å². The number of sulfonamides is 1. The number of anilines is 1. The topological polar surface area (TPSA) is 95.6 Å². The van der Waals surface area contributed by atoms with Crippen molar-refractivity contribution < 1.29 is 18.0 Å². The maximum atomic E-state index is 13.0. The first-order chi connectivity index (χ1) is 17.1. The molecule has 0 aliphatic carbocycles. The summed E-state index contributed by atoms with van der Waals surface area (Å²) < 4.78 is 27.3. The Labute approximate surface area is 215 Å². The summed E-state index contributed by atoms with van der Waals surface area (Å²) in [5.74, 6) is -0.883. The van der Waals surface area contributed by atoms with E-state index in [1.165, 1.54) is 9.87 Å². The normalized spacial score (nSPS) is 16.0. The number of piperidine rings is 1. The van der Waals surface area contributed by atoms with Crippen molar-refractivity contribution in [2.24, 2.45) is 11.8 Å². The van der Waals surface area contributed by atoms with Gasteiger partial charge in [-0.3, -0.25) is 9.59 Å². The van der Waals surface area contributed by atoms with Gasteiger partial charge in [-0.1, -0.05) is 57.0 Å². The highest BCUT2D eigenvalue weighted by atomic mass is 32.2. The van der Waals surface area contributed by atoms with E-state index >= 15 is 0 Å². The Hall–Kier alpha value is -2.71. The number of aryl methyl sites for hydroxylation is 2. The first kappa shape index (κ1) is 27.9. The van der Waals surface area contributed by atoms with E-state index in [1.807, 2.05) is 45.0 Å². The first-order valence-corrected chi connectivity index (χ1v) is 14.3. The van der Waals surface area contributed by atoms with Gasteiger partial charge in [0.05, 0.1) is 4.90 Å². The van der Waals surface area contributed by atoms with Crippen LogP contribution in [0.5, 0.6) is 0 Å². The van der Waals surface area contributed by atoms with Crippen molar-refractivity contribution in [2.75, 3.05) is 18.4 Å². The highest BCUT2D eigenvalue weighted by molar-refractivity contribution is 7.89. The Morgan fingerprint density at radius 1 is 1.00 bits per heavy atom. The number of nitrogens with one attached hydrogen (secondary N) is 2. The second-order valence-electron chi connectivity index (χ2n) is 10.0. The maximum absolute atomic E-state index is 13.0. The Balaban J connectivity index is 1.56. The van der Waals surface area contributed by atoms with Gasteiger partial charge in [0.1, 0.15) is 6.04 Å². The number of rotatable bonds is 10. The van der Waals surface area contributed by atoms with Gasteiger partial charge in [0.25, 0.3) is 0 Å². The largest absolute Gasteiger partial charge is 0.344 e. The van der Waals surface area contributed by atoms with Gasteiger partial charge in [0.2, 0.25) is 21.8 Å². The summed E-state index contributed by atoms with van der Waals surface area (Å²) in [6.45, 7) is 8.42. The van der Waals surface area contributed by atoms with Crippen LogP contribution in [0.1, 0.15) is 57.6 Å². The molecule has 2 aromatic carbocycles. The van der Waals surface area contributed by atoms with Crippen LogP contribution in [-0.4, -0.2) is 43.7 Å². The van der Waals surface area contributed by atoms with Crippen molar-refractivity contribution in [3.63, 3.8) is 0 Å². The van der Waals surface area contributed by atoms with Crippen molar-refractivity contribution in [3.8, 4) is 0 Å². The van der Waals surface area contributed by atoms with E-state index in [2.05, 4.69) is 17.6 Å². The lowest BCUT2D eigenvalue weighted by Gasteiger charge is -2.32. The van der Waals surface area contributed by atoms with E-state index in [0.29, 0.717) is 18.5 Å². The minimum Gasteiger partial charge on any atom is -0.344 e. The minimum atomic E-state index is -3.58. The van der Waals surface area contributed by atoms with Crippen LogP contribution in [0, 0.1) is 18.8 Å². The molecule has 1 fully saturated rings. The summed E-state index contributed by atoms with van der Waals surface area (Å²) in [4.78, 5) is 26.3. The van der Waals surface area contributed by atoms with Gasteiger partial charge in [0, 0.05) is 24.7 Å². The average molecular weight is 514 g/mol. The zero-order valence-corrected chi connectivity index (χ0v) is 22.6. The molecule has 7 nitrogen and oxygen atoms in total. The summed E-state index contributed by atoms with van der Waals surface area (Å²) >= 11 is 0. The molecule has 1 aliphatic rings. The minimum absolute atomic E-state index is 0.0974. The molecule has 1 saturated heterocycles. The summed E-state index contributed by atoms with van der Waals surface area (Å²) in [7, 11) is -3.58. The molecule has 0 bridgehead atoms. The molecule has 2 N–H and O–H groups in total. The number of nitrogens with zero attached hydrogens (tertiary/aromatic N) is 1. The number of hydrogen-bond acceptors (Lipinski definition) is 4. The van der Waals surface area contributed by atoms with Gasteiger partial charge in [-0.15, -0.1) is 0 Å². The molecule has 36 heavy (non-hydrogen) atoms. The zero-order chi connectivity index (χ0) is 26.3. The SMILES string of the molecule is CCCCc1ccc(NC(=O)[C@@H](NC(=O)C2CCN(S(=O)(=O)c3ccc(C)cc3)CC2)C(C)C)cc1. The van der Waals surface area contributed by atoms with Crippen LogP contribution in [-0.2, 0) is 26.0 Å². The summed E-state index contributed by atoms with van der Waals surface area (Å²) in [6.07, 6.45) is 4.12. The van der Waals surface area contributed by atoms with Gasteiger partial charge in [0.15, 0.2) is 0 Å². The van der Waals surface area contributed by atoms with Crippen LogP contribution in [0.15, 0.2) is 53.4 Å². The third-order valence-corrected chi connectivity index (χ3v) is 8.68. The predicted octanol–water partition coefficient (Wildman–Crippen LogP) is 4.52. The van der Waals surface area contributed by atoms with E-state index in [4.69, 9.17) is 0 Å². The smallest absolute Gasteiger partial charge is 0.247 e. The number of unbranched alkanes of at least 4 members (excludes halogenated alkanes) is 1. The van der Waals surface area contributed by atoms with Crippen LogP contribution < -0.4 is 10.6 Å². The lowest BCUT2D eigenvalue weighted by molar-refractivity contribution is -0.130. The van der Waals surface area contributed by atoms with Gasteiger partial charge in [-0.2, -0.15) is 4.31 Å². The van der Waals surface area contributed by atoms with Crippen LogP contribution >= 0.6 is 0 Å². The lowest BCUT2D eigenvalue weighted by atomic mass is 9.95. The molecule has 0 radical (unpaired) electrons. The van der Waals surface area contributed by atoms with Crippen LogP contribution in [0.25, 0.3) is 0 Å². The molecule has 0 aromatic heterocycles. The van der Waals surface area contributed by atoms with Crippen LogP contribution in [0.3, 0.4) is 0 Å². The predicted molar refractivity (Wildman–Crippen MR) is 143 cm³/mol. The van der Waals surface area contributed by atoms with Gasteiger partial charge in [-0.05, 0) is 68.4 Å². The molecular weight excluding hydrogens is 474 g/mol. The molecule has 8 heteroatoms. The number of amides is 2. The monoisotopic (exact) mass is 513 g/mol. The summed E-state index contributed by atoms with van der Waals surface area (Å²) in [5, 5.41) is 5.84. The standard InChI is InChI=1S/C28H39N3O4S/c1-5-6-7-22-10-12-24(13-11-22)29-28(33)26(20(2)3)30-27(32)23-16-18-31(19-17-23)36(34,35)25-14-8-21(4)9-15-25/h8-15,20,23,26H,5-7,16-19H2,1-4H3,(H,29,33)(H,30,32)/t26-/m0/s1. The number of benzene rings is 2. The Morgan fingerprint density at radius 3 is 2.17 bits per heavy atom. The van der Waals surface area contributed by atoms with E-state index in [1.54, 1.807) is 24.3 Å². The third kappa shape index (κ3) is 7.17. The molecule has 1 atom stereocenters. The molecular formula is C28H39N3O4S. The van der Waals surface area contributed by atoms with Gasteiger partial charge in [-0.25, -0.2) is 8.42 Å². The van der Waals surface area contributed by atoms with E-state index in [-0.39, 0.29) is 41.6 Å². The summed E-state index contributed by atoms with van der Waals surface area (Å²) in [5.41, 5.74) is 2.94. The Morgan fingerprint density at radius 2 is 1.61 bits per heavy atom. The molecule has 0 saturated carbocycles. The van der Waals surface area contributed by atoms with Gasteiger partial charge >= 0.3 is 0 Å². The zero-order valence-electron chi connectivity index (χ0n) is 21.8. The summed E-state index contributed by atoms with van der Waals surface area (Å²) in [6, 6.07) is 14.0. The molecule has 2 amide bonds. The van der Waals surface area contributed by atoms with E-state index in [0.717, 1.165) is 24.8 Å². The van der Waals surface area contributed by atoms with Crippen molar-refractivity contribution in [1.82, 2.24) is 9.62 Å². The molecule has 3 rings (SSSR count).